The summed E-state index contributed by atoms with van der Waals surface area (Å²) >= 11 is 0. The van der Waals surface area contributed by atoms with Crippen molar-refractivity contribution < 1.29 is 4.74 Å². The molecule has 0 spiro atoms. The maximum atomic E-state index is 5.65. The average Bonchev–Trinajstić information content (AvgIpc) is 2.65. The first kappa shape index (κ1) is 9.69. The second kappa shape index (κ2) is 4.11. The van der Waals surface area contributed by atoms with Crippen molar-refractivity contribution in [1.82, 2.24) is 5.32 Å². The van der Waals surface area contributed by atoms with Gasteiger partial charge < -0.3 is 4.74 Å². The Kier molecular flexibility index (Phi) is 2.85. The summed E-state index contributed by atoms with van der Waals surface area (Å²) < 4.78 is 5.65. The number of hydrogen-bond acceptors (Lipinski definition) is 2. The zero-order chi connectivity index (χ0) is 9.86. The van der Waals surface area contributed by atoms with Crippen LogP contribution in [0.5, 0.6) is 0 Å². The summed E-state index contributed by atoms with van der Waals surface area (Å²) in [6, 6.07) is 10.4. The molecule has 2 nitrogen and oxygen atoms in total. The van der Waals surface area contributed by atoms with E-state index in [-0.39, 0.29) is 5.72 Å². The lowest BCUT2D eigenvalue weighted by Crippen LogP contribution is -2.40. The molecule has 1 fully saturated rings. The molecule has 1 aliphatic rings. The second-order valence-corrected chi connectivity index (χ2v) is 4.02. The minimum Gasteiger partial charge on any atom is -0.361 e. The van der Waals surface area contributed by atoms with Crippen LogP contribution >= 0.6 is 0 Å². The van der Waals surface area contributed by atoms with Gasteiger partial charge in [-0.1, -0.05) is 30.3 Å². The van der Waals surface area contributed by atoms with Gasteiger partial charge in [0.2, 0.25) is 0 Å². The van der Waals surface area contributed by atoms with E-state index in [0.717, 1.165) is 26.0 Å². The van der Waals surface area contributed by atoms with E-state index in [4.69, 9.17) is 4.74 Å². The molecule has 1 aromatic rings. The molecule has 0 aliphatic carbocycles. The predicted octanol–water partition coefficient (Wildman–Crippen LogP) is 2.30. The Balaban J connectivity index is 1.88. The second-order valence-electron chi connectivity index (χ2n) is 4.02. The maximum Gasteiger partial charge on any atom is 0.116 e. The van der Waals surface area contributed by atoms with E-state index in [2.05, 4.69) is 36.5 Å². The first-order valence-electron chi connectivity index (χ1n) is 5.21. The maximum absolute atomic E-state index is 5.65. The van der Waals surface area contributed by atoms with Gasteiger partial charge in [-0.15, -0.1) is 0 Å². The molecule has 76 valence electrons. The van der Waals surface area contributed by atoms with Crippen LogP contribution < -0.4 is 5.32 Å². The highest BCUT2D eigenvalue weighted by atomic mass is 16.5. The van der Waals surface area contributed by atoms with E-state index in [1.165, 1.54) is 5.56 Å². The molecule has 1 aromatic carbocycles. The molecular formula is C12H17NO. The summed E-state index contributed by atoms with van der Waals surface area (Å²) in [7, 11) is 0. The molecule has 0 radical (unpaired) electrons. The van der Waals surface area contributed by atoms with E-state index < -0.39 is 0 Å². The third-order valence-electron chi connectivity index (χ3n) is 2.73. The lowest BCUT2D eigenvalue weighted by Gasteiger charge is -2.24. The van der Waals surface area contributed by atoms with Gasteiger partial charge >= 0.3 is 0 Å². The topological polar surface area (TPSA) is 21.3 Å². The van der Waals surface area contributed by atoms with Gasteiger partial charge in [0, 0.05) is 13.2 Å². The van der Waals surface area contributed by atoms with E-state index >= 15 is 0 Å². The van der Waals surface area contributed by atoms with Crippen molar-refractivity contribution in [3.05, 3.63) is 35.9 Å². The highest BCUT2D eigenvalue weighted by Gasteiger charge is 2.28. The van der Waals surface area contributed by atoms with Crippen LogP contribution in [0.1, 0.15) is 25.3 Å². The predicted molar refractivity (Wildman–Crippen MR) is 56.9 cm³/mol. The first-order chi connectivity index (χ1) is 6.79. The highest BCUT2D eigenvalue weighted by molar-refractivity contribution is 5.14. The summed E-state index contributed by atoms with van der Waals surface area (Å²) in [5.74, 6) is 0. The molecule has 0 bridgehead atoms. The van der Waals surface area contributed by atoms with Crippen molar-refractivity contribution in [3.8, 4) is 0 Å². The minimum absolute atomic E-state index is 0.101. The van der Waals surface area contributed by atoms with E-state index in [0.29, 0.717) is 0 Å². The lowest BCUT2D eigenvalue weighted by molar-refractivity contribution is -0.0102. The SMILES string of the molecule is CC1(NCc2ccccc2)CCCO1. The summed E-state index contributed by atoms with van der Waals surface area (Å²) in [5, 5.41) is 3.45. The van der Waals surface area contributed by atoms with Gasteiger partial charge in [0.1, 0.15) is 5.72 Å². The van der Waals surface area contributed by atoms with Crippen molar-refractivity contribution in [2.45, 2.75) is 32.0 Å². The average molecular weight is 191 g/mol. The van der Waals surface area contributed by atoms with E-state index in [1.54, 1.807) is 0 Å². The van der Waals surface area contributed by atoms with Gasteiger partial charge in [-0.25, -0.2) is 0 Å². The fraction of sp³-hybridized carbons (Fsp3) is 0.500. The van der Waals surface area contributed by atoms with Crippen molar-refractivity contribution in [2.75, 3.05) is 6.61 Å². The third kappa shape index (κ3) is 2.34. The highest BCUT2D eigenvalue weighted by Crippen LogP contribution is 2.22. The lowest BCUT2D eigenvalue weighted by atomic mass is 10.1. The number of rotatable bonds is 3. The van der Waals surface area contributed by atoms with Crippen LogP contribution in [0.15, 0.2) is 30.3 Å². The van der Waals surface area contributed by atoms with Gasteiger partial charge in [0.15, 0.2) is 0 Å². The summed E-state index contributed by atoms with van der Waals surface area (Å²) in [5.41, 5.74) is 1.21. The molecule has 2 heteroatoms. The molecule has 0 saturated carbocycles. The fourth-order valence-electron chi connectivity index (χ4n) is 1.80. The quantitative estimate of drug-likeness (QED) is 0.791. The molecular weight excluding hydrogens is 174 g/mol. The molecule has 2 rings (SSSR count). The van der Waals surface area contributed by atoms with Crippen LogP contribution in [0, 0.1) is 0 Å². The van der Waals surface area contributed by atoms with Gasteiger partial charge in [-0.05, 0) is 25.3 Å². The number of hydrogen-bond donors (Lipinski definition) is 1. The van der Waals surface area contributed by atoms with Crippen LogP contribution in [0.2, 0.25) is 0 Å². The van der Waals surface area contributed by atoms with Crippen molar-refractivity contribution >= 4 is 0 Å². The zero-order valence-corrected chi connectivity index (χ0v) is 8.62. The first-order valence-corrected chi connectivity index (χ1v) is 5.21. The molecule has 1 saturated heterocycles. The summed E-state index contributed by atoms with van der Waals surface area (Å²) in [6.45, 7) is 3.90. The fourth-order valence-corrected chi connectivity index (χ4v) is 1.80. The zero-order valence-electron chi connectivity index (χ0n) is 8.62. The van der Waals surface area contributed by atoms with E-state index in [9.17, 15) is 0 Å². The number of benzene rings is 1. The Morgan fingerprint density at radius 2 is 2.14 bits per heavy atom. The van der Waals surface area contributed by atoms with Crippen molar-refractivity contribution in [2.24, 2.45) is 0 Å². The number of ether oxygens (including phenoxy) is 1. The molecule has 0 amide bonds. The molecule has 1 unspecified atom stereocenters. The standard InChI is InChI=1S/C12H17NO/c1-12(8-5-9-14-12)13-10-11-6-3-2-4-7-11/h2-4,6-7,13H,5,8-10H2,1H3. The Morgan fingerprint density at radius 1 is 1.36 bits per heavy atom. The van der Waals surface area contributed by atoms with Gasteiger partial charge in [-0.2, -0.15) is 0 Å². The molecule has 14 heavy (non-hydrogen) atoms. The number of nitrogens with one attached hydrogen (secondary N) is 1. The molecule has 1 heterocycles. The Morgan fingerprint density at radius 3 is 2.79 bits per heavy atom. The van der Waals surface area contributed by atoms with E-state index in [1.807, 2.05) is 6.07 Å². The van der Waals surface area contributed by atoms with Gasteiger partial charge in [0.05, 0.1) is 0 Å². The van der Waals surface area contributed by atoms with Crippen LogP contribution in [0.4, 0.5) is 0 Å². The normalized spacial score (nSPS) is 26.6. The summed E-state index contributed by atoms with van der Waals surface area (Å²) in [4.78, 5) is 0. The Bertz CT molecular complexity index is 278. The molecule has 1 N–H and O–H groups in total. The summed E-state index contributed by atoms with van der Waals surface area (Å²) in [6.07, 6.45) is 2.28. The van der Waals surface area contributed by atoms with Crippen LogP contribution in [-0.2, 0) is 11.3 Å². The Labute approximate surface area is 85.3 Å². The Hall–Kier alpha value is -0.860. The van der Waals surface area contributed by atoms with Crippen molar-refractivity contribution in [1.29, 1.82) is 0 Å². The van der Waals surface area contributed by atoms with Crippen LogP contribution in [0.3, 0.4) is 0 Å². The van der Waals surface area contributed by atoms with Crippen LogP contribution in [0.25, 0.3) is 0 Å². The van der Waals surface area contributed by atoms with Crippen LogP contribution in [-0.4, -0.2) is 12.3 Å². The van der Waals surface area contributed by atoms with Gasteiger partial charge in [0.25, 0.3) is 0 Å². The third-order valence-corrected chi connectivity index (χ3v) is 2.73. The molecule has 0 aromatic heterocycles. The smallest absolute Gasteiger partial charge is 0.116 e. The van der Waals surface area contributed by atoms with Gasteiger partial charge in [-0.3, -0.25) is 5.32 Å². The minimum atomic E-state index is -0.101. The molecule has 1 aliphatic heterocycles. The monoisotopic (exact) mass is 191 g/mol. The van der Waals surface area contributed by atoms with Crippen molar-refractivity contribution in [3.63, 3.8) is 0 Å². The molecule has 1 atom stereocenters. The largest absolute Gasteiger partial charge is 0.361 e.